The number of nitrogen functional groups attached to an aromatic ring is 1. The van der Waals surface area contributed by atoms with Gasteiger partial charge in [0.05, 0.1) is 18.0 Å². The number of hydrogen-bond acceptors (Lipinski definition) is 4. The highest BCUT2D eigenvalue weighted by Gasteiger charge is 2.23. The molecular formula is C10H16N4O2. The normalized spacial score (nSPS) is 21.8. The van der Waals surface area contributed by atoms with Crippen LogP contribution in [0, 0.1) is 0 Å². The lowest BCUT2D eigenvalue weighted by Crippen LogP contribution is -2.36. The zero-order chi connectivity index (χ0) is 11.5. The molecule has 1 aliphatic heterocycles. The molecule has 0 aromatic carbocycles. The number of nitrogens with two attached hydrogens (primary N) is 1. The summed E-state index contributed by atoms with van der Waals surface area (Å²) >= 11 is 0. The highest BCUT2D eigenvalue weighted by atomic mass is 16.5. The highest BCUT2D eigenvalue weighted by Crippen LogP contribution is 2.13. The van der Waals surface area contributed by atoms with Crippen LogP contribution in [0.2, 0.25) is 0 Å². The Balaban J connectivity index is 2.12. The summed E-state index contributed by atoms with van der Waals surface area (Å²) in [7, 11) is 0. The van der Waals surface area contributed by atoms with Gasteiger partial charge >= 0.3 is 0 Å². The molecule has 0 radical (unpaired) electrons. The minimum atomic E-state index is -0.104. The first kappa shape index (κ1) is 10.9. The maximum Gasteiger partial charge on any atom is 0.274 e. The SMILES string of the molecule is C[C@H]1CN(C(=O)c2[nH]ncc2N)CCCO1. The number of anilines is 1. The molecule has 16 heavy (non-hydrogen) atoms. The number of amides is 1. The van der Waals surface area contributed by atoms with Gasteiger partial charge in [0.25, 0.3) is 5.91 Å². The first-order valence-electron chi connectivity index (χ1n) is 5.38. The maximum absolute atomic E-state index is 12.1. The van der Waals surface area contributed by atoms with Crippen molar-refractivity contribution in [3.8, 4) is 0 Å². The van der Waals surface area contributed by atoms with Crippen molar-refractivity contribution in [2.24, 2.45) is 0 Å². The second-order valence-corrected chi connectivity index (χ2v) is 3.99. The van der Waals surface area contributed by atoms with Crippen molar-refractivity contribution < 1.29 is 9.53 Å². The fourth-order valence-corrected chi connectivity index (χ4v) is 1.80. The number of carbonyl (C=O) groups excluding carboxylic acids is 1. The van der Waals surface area contributed by atoms with E-state index >= 15 is 0 Å². The summed E-state index contributed by atoms with van der Waals surface area (Å²) in [4.78, 5) is 13.9. The predicted octanol–water partition coefficient (Wildman–Crippen LogP) is 0.243. The van der Waals surface area contributed by atoms with Gasteiger partial charge in [-0.1, -0.05) is 0 Å². The van der Waals surface area contributed by atoms with Crippen LogP contribution in [-0.4, -0.2) is 46.8 Å². The van der Waals surface area contributed by atoms with Gasteiger partial charge in [0.1, 0.15) is 5.69 Å². The van der Waals surface area contributed by atoms with Crippen LogP contribution >= 0.6 is 0 Å². The molecule has 0 aliphatic carbocycles. The second kappa shape index (κ2) is 4.52. The number of nitrogens with zero attached hydrogens (tertiary/aromatic N) is 2. The lowest BCUT2D eigenvalue weighted by molar-refractivity contribution is 0.0560. The third kappa shape index (κ3) is 2.16. The number of carbonyl (C=O) groups is 1. The van der Waals surface area contributed by atoms with Crippen molar-refractivity contribution in [3.63, 3.8) is 0 Å². The highest BCUT2D eigenvalue weighted by molar-refractivity contribution is 5.97. The summed E-state index contributed by atoms with van der Waals surface area (Å²) in [6.45, 7) is 3.95. The van der Waals surface area contributed by atoms with Gasteiger partial charge in [-0.05, 0) is 13.3 Å². The lowest BCUT2D eigenvalue weighted by atomic mass is 10.3. The molecule has 0 spiro atoms. The summed E-state index contributed by atoms with van der Waals surface area (Å²) in [5.41, 5.74) is 6.41. The van der Waals surface area contributed by atoms with E-state index in [9.17, 15) is 4.79 Å². The van der Waals surface area contributed by atoms with Crippen LogP contribution in [0.1, 0.15) is 23.8 Å². The molecule has 2 heterocycles. The van der Waals surface area contributed by atoms with Crippen LogP contribution in [0.3, 0.4) is 0 Å². The van der Waals surface area contributed by atoms with E-state index < -0.39 is 0 Å². The Labute approximate surface area is 93.8 Å². The number of ether oxygens (including phenoxy) is 1. The van der Waals surface area contributed by atoms with Gasteiger partial charge in [-0.25, -0.2) is 0 Å². The number of H-pyrrole nitrogens is 1. The summed E-state index contributed by atoms with van der Waals surface area (Å²) in [5, 5.41) is 6.38. The molecule has 6 heteroatoms. The van der Waals surface area contributed by atoms with Crippen LogP contribution in [0.25, 0.3) is 0 Å². The topological polar surface area (TPSA) is 84.2 Å². The monoisotopic (exact) mass is 224 g/mol. The van der Waals surface area contributed by atoms with Gasteiger partial charge in [0.2, 0.25) is 0 Å². The van der Waals surface area contributed by atoms with Crippen LogP contribution in [0.15, 0.2) is 6.20 Å². The molecular weight excluding hydrogens is 208 g/mol. The van der Waals surface area contributed by atoms with Gasteiger partial charge in [-0.15, -0.1) is 0 Å². The second-order valence-electron chi connectivity index (χ2n) is 3.99. The van der Waals surface area contributed by atoms with Gasteiger partial charge in [0.15, 0.2) is 0 Å². The Hall–Kier alpha value is -1.56. The van der Waals surface area contributed by atoms with E-state index in [1.54, 1.807) is 4.90 Å². The average molecular weight is 224 g/mol. The van der Waals surface area contributed by atoms with E-state index in [0.29, 0.717) is 31.1 Å². The smallest absolute Gasteiger partial charge is 0.274 e. The summed E-state index contributed by atoms with van der Waals surface area (Å²) in [6, 6.07) is 0. The molecule has 6 nitrogen and oxygen atoms in total. The number of aromatic nitrogens is 2. The Morgan fingerprint density at radius 1 is 1.75 bits per heavy atom. The standard InChI is InChI=1S/C10H16N4O2/c1-7-6-14(3-2-4-16-7)10(15)9-8(11)5-12-13-9/h5,7H,2-4,6,11H2,1H3,(H,12,13)/t7-/m0/s1. The number of aromatic amines is 1. The summed E-state index contributed by atoms with van der Waals surface area (Å²) in [6.07, 6.45) is 2.37. The fourth-order valence-electron chi connectivity index (χ4n) is 1.80. The van der Waals surface area contributed by atoms with Crippen molar-refractivity contribution in [2.45, 2.75) is 19.4 Å². The van der Waals surface area contributed by atoms with Crippen LogP contribution in [0.4, 0.5) is 5.69 Å². The molecule has 0 unspecified atom stereocenters. The number of rotatable bonds is 1. The molecule has 3 N–H and O–H groups in total. The van der Waals surface area contributed by atoms with E-state index in [0.717, 1.165) is 6.42 Å². The molecule has 1 atom stereocenters. The van der Waals surface area contributed by atoms with Crippen LogP contribution in [0.5, 0.6) is 0 Å². The largest absolute Gasteiger partial charge is 0.396 e. The van der Waals surface area contributed by atoms with Crippen molar-refractivity contribution >= 4 is 11.6 Å². The van der Waals surface area contributed by atoms with E-state index in [4.69, 9.17) is 10.5 Å². The first-order chi connectivity index (χ1) is 7.68. The van der Waals surface area contributed by atoms with Gasteiger partial charge in [-0.2, -0.15) is 5.10 Å². The Bertz CT molecular complexity index is 377. The third-order valence-corrected chi connectivity index (χ3v) is 2.62. The molecule has 88 valence electrons. The van der Waals surface area contributed by atoms with Gasteiger partial charge in [-0.3, -0.25) is 9.89 Å². The zero-order valence-corrected chi connectivity index (χ0v) is 9.27. The molecule has 1 saturated heterocycles. The first-order valence-corrected chi connectivity index (χ1v) is 5.38. The molecule has 1 amide bonds. The van der Waals surface area contributed by atoms with Crippen molar-refractivity contribution in [1.82, 2.24) is 15.1 Å². The summed E-state index contributed by atoms with van der Waals surface area (Å²) < 4.78 is 5.48. The third-order valence-electron chi connectivity index (χ3n) is 2.62. The molecule has 1 aromatic rings. The van der Waals surface area contributed by atoms with Crippen LogP contribution < -0.4 is 5.73 Å². The molecule has 0 bridgehead atoms. The number of hydrogen-bond donors (Lipinski definition) is 2. The van der Waals surface area contributed by atoms with Gasteiger partial charge < -0.3 is 15.4 Å². The van der Waals surface area contributed by atoms with Crippen molar-refractivity contribution in [3.05, 3.63) is 11.9 Å². The molecule has 1 aliphatic rings. The van der Waals surface area contributed by atoms with Crippen molar-refractivity contribution in [2.75, 3.05) is 25.4 Å². The van der Waals surface area contributed by atoms with E-state index in [1.807, 2.05) is 6.92 Å². The molecule has 2 rings (SSSR count). The lowest BCUT2D eigenvalue weighted by Gasteiger charge is -2.21. The Kier molecular flexibility index (Phi) is 3.09. The Morgan fingerprint density at radius 3 is 3.25 bits per heavy atom. The molecule has 0 saturated carbocycles. The molecule has 1 fully saturated rings. The Morgan fingerprint density at radius 2 is 2.56 bits per heavy atom. The fraction of sp³-hybridized carbons (Fsp3) is 0.600. The van der Waals surface area contributed by atoms with Crippen LogP contribution in [-0.2, 0) is 4.74 Å². The summed E-state index contributed by atoms with van der Waals surface area (Å²) in [5.74, 6) is -0.104. The van der Waals surface area contributed by atoms with E-state index in [-0.39, 0.29) is 12.0 Å². The van der Waals surface area contributed by atoms with E-state index in [2.05, 4.69) is 10.2 Å². The van der Waals surface area contributed by atoms with Gasteiger partial charge in [0, 0.05) is 19.7 Å². The average Bonchev–Trinajstić information content (AvgIpc) is 2.55. The zero-order valence-electron chi connectivity index (χ0n) is 9.27. The minimum Gasteiger partial charge on any atom is -0.396 e. The van der Waals surface area contributed by atoms with E-state index in [1.165, 1.54) is 6.20 Å². The predicted molar refractivity (Wildman–Crippen MR) is 58.9 cm³/mol. The number of nitrogens with one attached hydrogen (secondary N) is 1. The quantitative estimate of drug-likeness (QED) is 0.715. The minimum absolute atomic E-state index is 0.0654. The van der Waals surface area contributed by atoms with Crippen molar-refractivity contribution in [1.29, 1.82) is 0 Å². The maximum atomic E-state index is 12.1. The molecule has 1 aromatic heterocycles.